The molecule has 0 heterocycles. The third-order valence-electron chi connectivity index (χ3n) is 2.39. The average Bonchev–Trinajstić information content (AvgIpc) is 2.02. The first-order chi connectivity index (χ1) is 5.49. The van der Waals surface area contributed by atoms with Crippen LogP contribution in [-0.4, -0.2) is 35.0 Å². The van der Waals surface area contributed by atoms with E-state index in [1.54, 1.807) is 6.92 Å². The van der Waals surface area contributed by atoms with Crippen LogP contribution in [0.25, 0.3) is 0 Å². The van der Waals surface area contributed by atoms with Crippen LogP contribution in [-0.2, 0) is 0 Å². The molecule has 4 unspecified atom stereocenters. The summed E-state index contributed by atoms with van der Waals surface area (Å²) in [5.74, 6) is 0.228. The predicted molar refractivity (Wildman–Crippen MR) is 50.0 cm³/mol. The highest BCUT2D eigenvalue weighted by molar-refractivity contribution is 4.74. The lowest BCUT2D eigenvalue weighted by Crippen LogP contribution is -2.44. The summed E-state index contributed by atoms with van der Waals surface area (Å²) >= 11 is 0. The molecule has 4 atom stereocenters. The van der Waals surface area contributed by atoms with Crippen LogP contribution in [0.3, 0.4) is 0 Å². The fourth-order valence-electron chi connectivity index (χ4n) is 0.876. The molecule has 0 spiro atoms. The van der Waals surface area contributed by atoms with Crippen LogP contribution in [0.1, 0.15) is 27.7 Å². The molecule has 0 aromatic rings. The molecule has 74 valence electrons. The van der Waals surface area contributed by atoms with E-state index in [-0.39, 0.29) is 30.7 Å². The van der Waals surface area contributed by atoms with Crippen molar-refractivity contribution < 1.29 is 10.2 Å². The zero-order valence-corrected chi connectivity index (χ0v) is 8.41. The van der Waals surface area contributed by atoms with Gasteiger partial charge in [0.15, 0.2) is 0 Å². The van der Waals surface area contributed by atoms with Gasteiger partial charge < -0.3 is 15.5 Å². The van der Waals surface area contributed by atoms with E-state index < -0.39 is 0 Å². The van der Waals surface area contributed by atoms with Gasteiger partial charge in [-0.2, -0.15) is 0 Å². The molecule has 0 aliphatic carbocycles. The van der Waals surface area contributed by atoms with E-state index in [2.05, 4.69) is 5.32 Å². The Bertz CT molecular complexity index is 117. The van der Waals surface area contributed by atoms with Crippen LogP contribution >= 0.6 is 0 Å². The van der Waals surface area contributed by atoms with Crippen molar-refractivity contribution in [1.29, 1.82) is 0 Å². The van der Waals surface area contributed by atoms with Crippen LogP contribution in [0.2, 0.25) is 0 Å². The van der Waals surface area contributed by atoms with Crippen molar-refractivity contribution in [3.8, 4) is 0 Å². The number of aliphatic hydroxyl groups excluding tert-OH is 2. The second kappa shape index (κ2) is 5.51. The molecule has 0 saturated carbocycles. The van der Waals surface area contributed by atoms with Gasteiger partial charge in [0.1, 0.15) is 0 Å². The van der Waals surface area contributed by atoms with Crippen LogP contribution in [0.15, 0.2) is 0 Å². The summed E-state index contributed by atoms with van der Waals surface area (Å²) in [5, 5.41) is 21.3. The van der Waals surface area contributed by atoms with Gasteiger partial charge in [0.2, 0.25) is 0 Å². The van der Waals surface area contributed by atoms with E-state index in [9.17, 15) is 5.11 Å². The van der Waals surface area contributed by atoms with Crippen LogP contribution in [0.4, 0.5) is 0 Å². The molecular formula is C9H21NO2. The maximum Gasteiger partial charge on any atom is 0.0662 e. The number of aliphatic hydroxyl groups is 2. The van der Waals surface area contributed by atoms with Crippen molar-refractivity contribution in [2.75, 3.05) is 6.61 Å². The molecule has 0 aromatic carbocycles. The highest BCUT2D eigenvalue weighted by Gasteiger charge is 2.15. The van der Waals surface area contributed by atoms with E-state index in [1.165, 1.54) is 0 Å². The fourth-order valence-corrected chi connectivity index (χ4v) is 0.876. The van der Waals surface area contributed by atoms with Gasteiger partial charge in [-0.1, -0.05) is 6.92 Å². The highest BCUT2D eigenvalue weighted by Crippen LogP contribution is 2.03. The number of rotatable bonds is 5. The monoisotopic (exact) mass is 175 g/mol. The Morgan fingerprint density at radius 3 is 1.92 bits per heavy atom. The topological polar surface area (TPSA) is 52.5 Å². The lowest BCUT2D eigenvalue weighted by molar-refractivity contribution is 0.131. The van der Waals surface area contributed by atoms with Crippen LogP contribution in [0.5, 0.6) is 0 Å². The first-order valence-electron chi connectivity index (χ1n) is 4.54. The Hall–Kier alpha value is -0.120. The SMILES string of the molecule is CC(O)C(C)NC(C)C(C)CO. The summed E-state index contributed by atoms with van der Waals surface area (Å²) < 4.78 is 0. The molecule has 3 N–H and O–H groups in total. The van der Waals surface area contributed by atoms with Gasteiger partial charge in [0, 0.05) is 18.7 Å². The highest BCUT2D eigenvalue weighted by atomic mass is 16.3. The standard InChI is InChI=1S/C9H21NO2/c1-6(5-11)7(2)10-8(3)9(4)12/h6-12H,5H2,1-4H3. The normalized spacial score (nSPS) is 21.5. The van der Waals surface area contributed by atoms with Gasteiger partial charge >= 0.3 is 0 Å². The summed E-state index contributed by atoms with van der Waals surface area (Å²) in [7, 11) is 0. The molecule has 0 aliphatic heterocycles. The quantitative estimate of drug-likeness (QED) is 0.565. The van der Waals surface area contributed by atoms with Crippen molar-refractivity contribution in [1.82, 2.24) is 5.32 Å². The zero-order chi connectivity index (χ0) is 9.72. The Labute approximate surface area is 74.8 Å². The molecule has 0 amide bonds. The molecule has 0 radical (unpaired) electrons. The van der Waals surface area contributed by atoms with Gasteiger partial charge in [0.25, 0.3) is 0 Å². The fraction of sp³-hybridized carbons (Fsp3) is 1.00. The van der Waals surface area contributed by atoms with Crippen molar-refractivity contribution >= 4 is 0 Å². The molecule has 0 aliphatic rings. The van der Waals surface area contributed by atoms with E-state index in [1.807, 2.05) is 20.8 Å². The number of hydrogen-bond acceptors (Lipinski definition) is 3. The lowest BCUT2D eigenvalue weighted by Gasteiger charge is -2.25. The Kier molecular flexibility index (Phi) is 5.46. The molecular weight excluding hydrogens is 154 g/mol. The van der Waals surface area contributed by atoms with E-state index in [0.717, 1.165) is 0 Å². The summed E-state index contributed by atoms with van der Waals surface area (Å²) in [5.41, 5.74) is 0. The molecule has 0 rings (SSSR count). The van der Waals surface area contributed by atoms with Crippen molar-refractivity contribution in [3.63, 3.8) is 0 Å². The van der Waals surface area contributed by atoms with Gasteiger partial charge in [0.05, 0.1) is 6.10 Å². The minimum atomic E-state index is -0.349. The van der Waals surface area contributed by atoms with Gasteiger partial charge in [-0.25, -0.2) is 0 Å². The third-order valence-corrected chi connectivity index (χ3v) is 2.39. The third kappa shape index (κ3) is 4.04. The largest absolute Gasteiger partial charge is 0.396 e. The molecule has 0 aromatic heterocycles. The smallest absolute Gasteiger partial charge is 0.0662 e. The molecule has 0 saturated heterocycles. The van der Waals surface area contributed by atoms with Crippen LogP contribution < -0.4 is 5.32 Å². The number of hydrogen-bond donors (Lipinski definition) is 3. The predicted octanol–water partition coefficient (Wildman–Crippen LogP) is 0.362. The molecule has 12 heavy (non-hydrogen) atoms. The zero-order valence-electron chi connectivity index (χ0n) is 8.41. The number of nitrogens with one attached hydrogen (secondary N) is 1. The first kappa shape index (κ1) is 11.9. The molecule has 3 nitrogen and oxygen atoms in total. The second-order valence-electron chi connectivity index (χ2n) is 3.64. The Balaban J connectivity index is 3.75. The molecule has 0 fully saturated rings. The Morgan fingerprint density at radius 2 is 1.58 bits per heavy atom. The lowest BCUT2D eigenvalue weighted by atomic mass is 10.0. The van der Waals surface area contributed by atoms with Gasteiger partial charge in [-0.15, -0.1) is 0 Å². The van der Waals surface area contributed by atoms with Gasteiger partial charge in [-0.3, -0.25) is 0 Å². The second-order valence-corrected chi connectivity index (χ2v) is 3.64. The summed E-state index contributed by atoms with van der Waals surface area (Å²) in [6.07, 6.45) is -0.349. The van der Waals surface area contributed by atoms with Crippen molar-refractivity contribution in [3.05, 3.63) is 0 Å². The minimum Gasteiger partial charge on any atom is -0.396 e. The summed E-state index contributed by atoms with van der Waals surface area (Å²) in [6.45, 7) is 7.87. The molecule has 0 bridgehead atoms. The van der Waals surface area contributed by atoms with Crippen molar-refractivity contribution in [2.45, 2.75) is 45.9 Å². The maximum atomic E-state index is 9.20. The van der Waals surface area contributed by atoms with Gasteiger partial charge in [-0.05, 0) is 26.7 Å². The van der Waals surface area contributed by atoms with Crippen molar-refractivity contribution in [2.24, 2.45) is 5.92 Å². The van der Waals surface area contributed by atoms with E-state index >= 15 is 0 Å². The average molecular weight is 175 g/mol. The summed E-state index contributed by atoms with van der Waals surface area (Å²) in [6, 6.07) is 0.314. The van der Waals surface area contributed by atoms with E-state index in [0.29, 0.717) is 0 Å². The summed E-state index contributed by atoms with van der Waals surface area (Å²) in [4.78, 5) is 0. The Morgan fingerprint density at radius 1 is 1.08 bits per heavy atom. The van der Waals surface area contributed by atoms with Crippen LogP contribution in [0, 0.1) is 5.92 Å². The molecule has 3 heteroatoms. The van der Waals surface area contributed by atoms with E-state index in [4.69, 9.17) is 5.11 Å². The minimum absolute atomic E-state index is 0.0778. The first-order valence-corrected chi connectivity index (χ1v) is 4.54. The maximum absolute atomic E-state index is 9.20.